The summed E-state index contributed by atoms with van der Waals surface area (Å²) in [6, 6.07) is 16.7. The molecule has 2 heterocycles. The maximum absolute atomic E-state index is 13.0. The van der Waals surface area contributed by atoms with Gasteiger partial charge in [0.1, 0.15) is 0 Å². The SMILES string of the molecule is O=C(OCC(=O)N(Cc1ccccc1)C1CCS(=O)(=O)C1)c1cc(=O)[nH]c2ccccc12. The highest BCUT2D eigenvalue weighted by molar-refractivity contribution is 7.91. The van der Waals surface area contributed by atoms with Crippen molar-refractivity contribution >= 4 is 32.6 Å². The van der Waals surface area contributed by atoms with Gasteiger partial charge >= 0.3 is 5.97 Å². The minimum atomic E-state index is -3.21. The van der Waals surface area contributed by atoms with Crippen LogP contribution in [-0.2, 0) is 25.9 Å². The molecule has 1 unspecified atom stereocenters. The van der Waals surface area contributed by atoms with E-state index in [0.717, 1.165) is 11.6 Å². The maximum Gasteiger partial charge on any atom is 0.339 e. The van der Waals surface area contributed by atoms with E-state index in [9.17, 15) is 22.8 Å². The van der Waals surface area contributed by atoms with Gasteiger partial charge in [-0.3, -0.25) is 9.59 Å². The Labute approximate surface area is 184 Å². The van der Waals surface area contributed by atoms with E-state index in [2.05, 4.69) is 4.98 Å². The number of hydrogen-bond acceptors (Lipinski definition) is 6. The predicted molar refractivity (Wildman–Crippen MR) is 119 cm³/mol. The molecule has 1 amide bonds. The molecule has 1 aliphatic heterocycles. The monoisotopic (exact) mass is 454 g/mol. The van der Waals surface area contributed by atoms with Gasteiger partial charge in [0.2, 0.25) is 5.56 Å². The lowest BCUT2D eigenvalue weighted by Crippen LogP contribution is -2.42. The minimum absolute atomic E-state index is 0.0226. The number of aromatic amines is 1. The first-order valence-corrected chi connectivity index (χ1v) is 12.0. The van der Waals surface area contributed by atoms with E-state index in [1.165, 1.54) is 4.90 Å². The number of pyridine rings is 1. The summed E-state index contributed by atoms with van der Waals surface area (Å²) >= 11 is 0. The molecule has 1 aromatic heterocycles. The van der Waals surface area contributed by atoms with Crippen molar-refractivity contribution in [3.63, 3.8) is 0 Å². The summed E-state index contributed by atoms with van der Waals surface area (Å²) < 4.78 is 29.2. The summed E-state index contributed by atoms with van der Waals surface area (Å²) in [4.78, 5) is 41.7. The predicted octanol–water partition coefficient (Wildman–Crippen LogP) is 1.90. The van der Waals surface area contributed by atoms with E-state index in [1.807, 2.05) is 30.3 Å². The van der Waals surface area contributed by atoms with Gasteiger partial charge < -0.3 is 14.6 Å². The van der Waals surface area contributed by atoms with E-state index in [0.29, 0.717) is 17.3 Å². The zero-order chi connectivity index (χ0) is 22.7. The molecule has 3 aromatic rings. The third kappa shape index (κ3) is 4.88. The van der Waals surface area contributed by atoms with Gasteiger partial charge in [-0.15, -0.1) is 0 Å². The van der Waals surface area contributed by atoms with Gasteiger partial charge in [-0.25, -0.2) is 13.2 Å². The zero-order valence-electron chi connectivity index (χ0n) is 17.2. The molecule has 0 radical (unpaired) electrons. The Morgan fingerprint density at radius 1 is 1.06 bits per heavy atom. The number of ether oxygens (including phenoxy) is 1. The van der Waals surface area contributed by atoms with Crippen LogP contribution in [0.25, 0.3) is 10.9 Å². The molecule has 0 spiro atoms. The fourth-order valence-corrected chi connectivity index (χ4v) is 5.61. The first-order valence-electron chi connectivity index (χ1n) is 10.2. The third-order valence-corrected chi connectivity index (χ3v) is 7.21. The number of esters is 1. The van der Waals surface area contributed by atoms with Crippen LogP contribution >= 0.6 is 0 Å². The number of nitrogens with zero attached hydrogens (tertiary/aromatic N) is 1. The van der Waals surface area contributed by atoms with Crippen molar-refractivity contribution in [3.8, 4) is 0 Å². The van der Waals surface area contributed by atoms with Crippen molar-refractivity contribution in [1.29, 1.82) is 0 Å². The molecule has 1 saturated heterocycles. The van der Waals surface area contributed by atoms with E-state index in [4.69, 9.17) is 4.74 Å². The summed E-state index contributed by atoms with van der Waals surface area (Å²) in [6.45, 7) is -0.339. The number of fused-ring (bicyclic) bond motifs is 1. The van der Waals surface area contributed by atoms with Crippen LogP contribution < -0.4 is 5.56 Å². The smallest absolute Gasteiger partial charge is 0.339 e. The Bertz CT molecular complexity index is 1320. The number of hydrogen-bond donors (Lipinski definition) is 1. The second-order valence-corrected chi connectivity index (χ2v) is 9.96. The molecule has 0 aliphatic carbocycles. The molecular formula is C23H22N2O6S. The van der Waals surface area contributed by atoms with Crippen molar-refractivity contribution in [2.24, 2.45) is 0 Å². The van der Waals surface area contributed by atoms with E-state index < -0.39 is 39.9 Å². The van der Waals surface area contributed by atoms with Crippen molar-refractivity contribution in [2.75, 3.05) is 18.1 Å². The molecule has 0 bridgehead atoms. The normalized spacial score (nSPS) is 17.2. The lowest BCUT2D eigenvalue weighted by Gasteiger charge is -2.28. The van der Waals surface area contributed by atoms with Gasteiger partial charge in [0.05, 0.1) is 17.1 Å². The summed E-state index contributed by atoms with van der Waals surface area (Å²) in [7, 11) is -3.21. The zero-order valence-corrected chi connectivity index (χ0v) is 18.0. The highest BCUT2D eigenvalue weighted by Crippen LogP contribution is 2.21. The van der Waals surface area contributed by atoms with Crippen LogP contribution in [0.15, 0.2) is 65.5 Å². The number of aromatic nitrogens is 1. The average molecular weight is 455 g/mol. The molecule has 1 aliphatic rings. The van der Waals surface area contributed by atoms with Crippen molar-refractivity contribution in [3.05, 3.63) is 82.1 Å². The van der Waals surface area contributed by atoms with Crippen LogP contribution in [0, 0.1) is 0 Å². The molecule has 0 saturated carbocycles. The minimum Gasteiger partial charge on any atom is -0.452 e. The van der Waals surface area contributed by atoms with Crippen LogP contribution in [0.2, 0.25) is 0 Å². The molecule has 4 rings (SSSR count). The quantitative estimate of drug-likeness (QED) is 0.569. The Kier molecular flexibility index (Phi) is 6.09. The van der Waals surface area contributed by atoms with Gasteiger partial charge in [-0.2, -0.15) is 0 Å². The Morgan fingerprint density at radius 3 is 2.50 bits per heavy atom. The van der Waals surface area contributed by atoms with Crippen LogP contribution in [0.1, 0.15) is 22.3 Å². The second kappa shape index (κ2) is 8.96. The highest BCUT2D eigenvalue weighted by Gasteiger charge is 2.35. The Hall–Kier alpha value is -3.46. The van der Waals surface area contributed by atoms with Crippen molar-refractivity contribution in [1.82, 2.24) is 9.88 Å². The summed E-state index contributed by atoms with van der Waals surface area (Å²) in [5.41, 5.74) is 0.941. The van der Waals surface area contributed by atoms with E-state index in [-0.39, 0.29) is 23.6 Å². The van der Waals surface area contributed by atoms with Crippen LogP contribution in [0.5, 0.6) is 0 Å². The van der Waals surface area contributed by atoms with Crippen LogP contribution in [-0.4, -0.2) is 54.3 Å². The van der Waals surface area contributed by atoms with Crippen LogP contribution in [0.4, 0.5) is 0 Å². The lowest BCUT2D eigenvalue weighted by atomic mass is 10.1. The molecular weight excluding hydrogens is 432 g/mol. The standard InChI is InChI=1S/C23H22N2O6S/c26-21-12-19(18-8-4-5-9-20(18)24-21)23(28)31-14-22(27)25(13-16-6-2-1-3-7-16)17-10-11-32(29,30)15-17/h1-9,12,17H,10-11,13-15H2,(H,24,26). The van der Waals surface area contributed by atoms with Gasteiger partial charge in [0.15, 0.2) is 16.4 Å². The van der Waals surface area contributed by atoms with Gasteiger partial charge in [-0.05, 0) is 18.1 Å². The van der Waals surface area contributed by atoms with E-state index in [1.54, 1.807) is 24.3 Å². The number of carbonyl (C=O) groups excluding carboxylic acids is 2. The number of carbonyl (C=O) groups is 2. The van der Waals surface area contributed by atoms with Crippen molar-refractivity contribution < 1.29 is 22.7 Å². The average Bonchev–Trinajstić information content (AvgIpc) is 3.15. The molecule has 9 heteroatoms. The lowest BCUT2D eigenvalue weighted by molar-refractivity contribution is -0.137. The molecule has 8 nitrogen and oxygen atoms in total. The number of benzene rings is 2. The Morgan fingerprint density at radius 2 is 1.78 bits per heavy atom. The maximum atomic E-state index is 13.0. The summed E-state index contributed by atoms with van der Waals surface area (Å²) in [6.07, 6.45) is 0.341. The van der Waals surface area contributed by atoms with Crippen LogP contribution in [0.3, 0.4) is 0 Å². The molecule has 1 atom stereocenters. The fourth-order valence-electron chi connectivity index (χ4n) is 3.88. The van der Waals surface area contributed by atoms with Gasteiger partial charge in [-0.1, -0.05) is 48.5 Å². The first kappa shape index (κ1) is 21.8. The molecule has 1 N–H and O–H groups in total. The number of para-hydroxylation sites is 1. The summed E-state index contributed by atoms with van der Waals surface area (Å²) in [5, 5.41) is 0.507. The first-order chi connectivity index (χ1) is 15.3. The number of rotatable bonds is 6. The van der Waals surface area contributed by atoms with Crippen molar-refractivity contribution in [2.45, 2.75) is 19.0 Å². The number of amides is 1. The number of sulfone groups is 1. The third-order valence-electron chi connectivity index (χ3n) is 5.46. The second-order valence-electron chi connectivity index (χ2n) is 7.73. The molecule has 2 aromatic carbocycles. The molecule has 32 heavy (non-hydrogen) atoms. The number of H-pyrrole nitrogens is 1. The summed E-state index contributed by atoms with van der Waals surface area (Å²) in [5.74, 6) is -1.37. The number of nitrogens with one attached hydrogen (secondary N) is 1. The fraction of sp³-hybridized carbons (Fsp3) is 0.261. The molecule has 1 fully saturated rings. The molecule has 166 valence electrons. The highest BCUT2D eigenvalue weighted by atomic mass is 32.2. The van der Waals surface area contributed by atoms with Gasteiger partial charge in [0.25, 0.3) is 5.91 Å². The largest absolute Gasteiger partial charge is 0.452 e. The van der Waals surface area contributed by atoms with Gasteiger partial charge in [0, 0.05) is 29.6 Å². The van der Waals surface area contributed by atoms with E-state index >= 15 is 0 Å². The topological polar surface area (TPSA) is 114 Å². The Balaban J connectivity index is 1.52.